The SMILES string of the molecule is CCCCCC/C=C\C=C/CCCCCCCC(=O)O[C@H](COC(=O)CCCCCCCCCCCC(C)C)COP(=O)(O)OC[C@@H](O)COP(=O)(O)OC[C@@H](COC(=O)CCCCCCCCC)OC(=O)CCCCCCCCCCCCCC. The molecule has 0 saturated carbocycles. The number of unbranched alkanes of at least 4 members (excludes halogenated alkanes) is 34. The first-order valence-electron chi connectivity index (χ1n) is 34.5. The van der Waals surface area contributed by atoms with Crippen molar-refractivity contribution < 1.29 is 80.2 Å². The molecule has 2 unspecified atom stereocenters. The maximum atomic E-state index is 13.0. The molecule has 0 aromatic heterocycles. The molecule has 0 rings (SSSR count). The third-order valence-corrected chi connectivity index (χ3v) is 16.8. The molecule has 0 aliphatic heterocycles. The van der Waals surface area contributed by atoms with E-state index in [4.69, 9.17) is 37.0 Å². The van der Waals surface area contributed by atoms with Crippen LogP contribution in [0.2, 0.25) is 0 Å². The molecule has 0 bridgehead atoms. The Morgan fingerprint density at radius 3 is 0.953 bits per heavy atom. The minimum Gasteiger partial charge on any atom is -0.462 e. The number of aliphatic hydroxyl groups excluding tert-OH is 1. The van der Waals surface area contributed by atoms with Gasteiger partial charge in [-0.25, -0.2) is 9.13 Å². The summed E-state index contributed by atoms with van der Waals surface area (Å²) in [7, 11) is -9.90. The summed E-state index contributed by atoms with van der Waals surface area (Å²) in [4.78, 5) is 72.2. The van der Waals surface area contributed by atoms with Crippen molar-refractivity contribution in [3.8, 4) is 0 Å². The highest BCUT2D eigenvalue weighted by molar-refractivity contribution is 7.47. The first kappa shape index (κ1) is 83.5. The third kappa shape index (κ3) is 60.5. The summed E-state index contributed by atoms with van der Waals surface area (Å²) in [6, 6.07) is 0. The van der Waals surface area contributed by atoms with E-state index in [9.17, 15) is 43.2 Å². The molecule has 86 heavy (non-hydrogen) atoms. The van der Waals surface area contributed by atoms with Gasteiger partial charge < -0.3 is 33.8 Å². The van der Waals surface area contributed by atoms with Gasteiger partial charge in [-0.1, -0.05) is 264 Å². The van der Waals surface area contributed by atoms with E-state index in [1.165, 1.54) is 116 Å². The molecule has 0 spiro atoms. The lowest BCUT2D eigenvalue weighted by molar-refractivity contribution is -0.161. The third-order valence-electron chi connectivity index (χ3n) is 14.9. The molecule has 3 N–H and O–H groups in total. The lowest BCUT2D eigenvalue weighted by Crippen LogP contribution is -2.30. The van der Waals surface area contributed by atoms with Gasteiger partial charge in [-0.2, -0.15) is 0 Å². The molecule has 0 radical (unpaired) electrons. The Labute approximate surface area is 522 Å². The van der Waals surface area contributed by atoms with Crippen molar-refractivity contribution >= 4 is 39.5 Å². The van der Waals surface area contributed by atoms with Gasteiger partial charge >= 0.3 is 39.5 Å². The van der Waals surface area contributed by atoms with Crippen LogP contribution in [0.1, 0.15) is 317 Å². The van der Waals surface area contributed by atoms with Crippen molar-refractivity contribution in [1.29, 1.82) is 0 Å². The summed E-state index contributed by atoms with van der Waals surface area (Å²) < 4.78 is 68.0. The minimum absolute atomic E-state index is 0.0847. The van der Waals surface area contributed by atoms with Crippen LogP contribution in [0.15, 0.2) is 24.3 Å². The van der Waals surface area contributed by atoms with Crippen molar-refractivity contribution in [3.63, 3.8) is 0 Å². The van der Waals surface area contributed by atoms with Gasteiger partial charge in [0.05, 0.1) is 26.4 Å². The van der Waals surface area contributed by atoms with Crippen LogP contribution in [0.3, 0.4) is 0 Å². The van der Waals surface area contributed by atoms with E-state index < -0.39 is 97.5 Å². The van der Waals surface area contributed by atoms with E-state index in [1.807, 2.05) is 0 Å². The van der Waals surface area contributed by atoms with E-state index >= 15 is 0 Å². The molecule has 0 amide bonds. The Balaban J connectivity index is 5.25. The fourth-order valence-corrected chi connectivity index (χ4v) is 11.2. The molecule has 0 aliphatic carbocycles. The Morgan fingerprint density at radius 2 is 0.628 bits per heavy atom. The normalized spacial score (nSPS) is 14.3. The van der Waals surface area contributed by atoms with Crippen LogP contribution in [0.25, 0.3) is 0 Å². The highest BCUT2D eigenvalue weighted by Gasteiger charge is 2.30. The van der Waals surface area contributed by atoms with E-state index in [0.717, 1.165) is 121 Å². The Kier molecular flexibility index (Phi) is 58.4. The Bertz CT molecular complexity index is 1760. The lowest BCUT2D eigenvalue weighted by atomic mass is 10.0. The van der Waals surface area contributed by atoms with Crippen molar-refractivity contribution in [1.82, 2.24) is 0 Å². The summed E-state index contributed by atoms with van der Waals surface area (Å²) in [5.74, 6) is -1.42. The van der Waals surface area contributed by atoms with Gasteiger partial charge in [0.25, 0.3) is 0 Å². The summed E-state index contributed by atoms with van der Waals surface area (Å²) in [5.41, 5.74) is 0. The van der Waals surface area contributed by atoms with E-state index in [1.54, 1.807) is 0 Å². The summed E-state index contributed by atoms with van der Waals surface area (Å²) in [5, 5.41) is 10.5. The number of ether oxygens (including phenoxy) is 4. The maximum absolute atomic E-state index is 13.0. The zero-order valence-electron chi connectivity index (χ0n) is 54.9. The van der Waals surface area contributed by atoms with Crippen LogP contribution < -0.4 is 0 Å². The number of rotatable bonds is 65. The highest BCUT2D eigenvalue weighted by atomic mass is 31.2. The number of aliphatic hydroxyl groups is 1. The second-order valence-corrected chi connectivity index (χ2v) is 26.9. The predicted octanol–water partition coefficient (Wildman–Crippen LogP) is 18.5. The van der Waals surface area contributed by atoms with Crippen molar-refractivity contribution in [2.45, 2.75) is 335 Å². The topological polar surface area (TPSA) is 237 Å². The summed E-state index contributed by atoms with van der Waals surface area (Å²) in [6.07, 6.45) is 48.1. The van der Waals surface area contributed by atoms with Crippen molar-refractivity contribution in [2.24, 2.45) is 5.92 Å². The van der Waals surface area contributed by atoms with Gasteiger partial charge in [-0.3, -0.25) is 37.3 Å². The van der Waals surface area contributed by atoms with E-state index in [2.05, 4.69) is 58.9 Å². The number of hydrogen-bond acceptors (Lipinski definition) is 15. The van der Waals surface area contributed by atoms with Gasteiger partial charge in [0.2, 0.25) is 0 Å². The van der Waals surface area contributed by atoms with E-state index in [0.29, 0.717) is 25.7 Å². The first-order valence-corrected chi connectivity index (χ1v) is 37.4. The molecule has 0 saturated heterocycles. The molecule has 17 nitrogen and oxygen atoms in total. The number of esters is 4. The molecule has 506 valence electrons. The maximum Gasteiger partial charge on any atom is 0.472 e. The molecule has 0 aromatic carbocycles. The number of phosphoric ester groups is 2. The number of carbonyl (C=O) groups excluding carboxylic acids is 4. The molecule has 5 atom stereocenters. The largest absolute Gasteiger partial charge is 0.472 e. The monoisotopic (exact) mass is 1260 g/mol. The molecular formula is C67H126O17P2. The van der Waals surface area contributed by atoms with Crippen LogP contribution in [0, 0.1) is 5.92 Å². The first-order chi connectivity index (χ1) is 41.5. The quantitative estimate of drug-likeness (QED) is 0.0169. The summed E-state index contributed by atoms with van der Waals surface area (Å²) >= 11 is 0. The zero-order valence-corrected chi connectivity index (χ0v) is 56.7. The molecule has 0 aliphatic rings. The predicted molar refractivity (Wildman–Crippen MR) is 344 cm³/mol. The van der Waals surface area contributed by atoms with Gasteiger partial charge in [0, 0.05) is 25.7 Å². The molecular weight excluding hydrogens is 1140 g/mol. The molecule has 0 heterocycles. The molecule has 0 fully saturated rings. The minimum atomic E-state index is -4.96. The van der Waals surface area contributed by atoms with Crippen LogP contribution in [0.4, 0.5) is 0 Å². The fraction of sp³-hybridized carbons (Fsp3) is 0.881. The Morgan fingerprint density at radius 1 is 0.360 bits per heavy atom. The number of carbonyl (C=O) groups is 4. The van der Waals surface area contributed by atoms with Crippen LogP contribution in [-0.2, 0) is 65.4 Å². The Hall–Kier alpha value is -2.46. The van der Waals surface area contributed by atoms with Gasteiger partial charge in [0.15, 0.2) is 12.2 Å². The van der Waals surface area contributed by atoms with Gasteiger partial charge in [-0.05, 0) is 57.3 Å². The van der Waals surface area contributed by atoms with Crippen LogP contribution >= 0.6 is 15.6 Å². The number of phosphoric acid groups is 2. The van der Waals surface area contributed by atoms with Crippen molar-refractivity contribution in [2.75, 3.05) is 39.6 Å². The van der Waals surface area contributed by atoms with Crippen LogP contribution in [0.5, 0.6) is 0 Å². The van der Waals surface area contributed by atoms with Gasteiger partial charge in [-0.15, -0.1) is 0 Å². The lowest BCUT2D eigenvalue weighted by Gasteiger charge is -2.21. The summed E-state index contributed by atoms with van der Waals surface area (Å²) in [6.45, 7) is 7.09. The molecule has 19 heteroatoms. The van der Waals surface area contributed by atoms with Crippen LogP contribution in [-0.4, -0.2) is 96.7 Å². The standard InChI is InChI=1S/C67H126O17P2/c1-6-9-12-15-18-20-22-24-25-26-28-32-38-43-48-53-67(72)84-63(57-78-65(70)51-46-41-36-33-29-30-35-39-44-49-60(4)5)59-82-86(75,76)80-55-61(68)54-79-85(73,74)81-58-62(56-77-64(69)50-45-40-34-17-14-11-8-3)83-66(71)52-47-42-37-31-27-23-21-19-16-13-10-7-2/h20,22,24-25,60-63,68H,6-19,21,23,26-59H2,1-5H3,(H,73,74)(H,75,76)/b22-20-,25-24-/t61-,62+,63+/m0/s1. The highest BCUT2D eigenvalue weighted by Crippen LogP contribution is 2.45. The average Bonchev–Trinajstić information content (AvgIpc) is 3.64. The van der Waals surface area contributed by atoms with Gasteiger partial charge in [0.1, 0.15) is 19.3 Å². The van der Waals surface area contributed by atoms with Crippen molar-refractivity contribution in [3.05, 3.63) is 24.3 Å². The van der Waals surface area contributed by atoms with E-state index in [-0.39, 0.29) is 25.7 Å². The molecule has 0 aromatic rings. The smallest absolute Gasteiger partial charge is 0.462 e. The second kappa shape index (κ2) is 60.1. The zero-order chi connectivity index (χ0) is 63.5. The number of hydrogen-bond donors (Lipinski definition) is 3. The fourth-order valence-electron chi connectivity index (χ4n) is 9.57. The number of allylic oxidation sites excluding steroid dienone is 4. The average molecular weight is 1270 g/mol. The second-order valence-electron chi connectivity index (χ2n) is 24.0.